The molecule has 9 heteroatoms. The molecule has 1 heterocycles. The Morgan fingerprint density at radius 1 is 1.59 bits per heavy atom. The largest absolute Gasteiger partial charge is 0.492 e. The second kappa shape index (κ2) is 5.08. The maximum atomic E-state index is 11.3. The van der Waals surface area contributed by atoms with Crippen LogP contribution in [0.1, 0.15) is 13.8 Å². The molecule has 1 aromatic rings. The number of methoxy groups -OCH3 is 1. The first kappa shape index (κ1) is 14.7. The average Bonchev–Trinajstić information content (AvgIpc) is 2.61. The Morgan fingerprint density at radius 3 is 2.53 bits per heavy atom. The highest BCUT2D eigenvalue weighted by Crippen LogP contribution is 2.25. The number of primary sulfonamides is 1. The zero-order valence-corrected chi connectivity index (χ0v) is 12.6. The Balaban J connectivity index is 3.27. The van der Waals surface area contributed by atoms with E-state index in [1.807, 2.05) is 13.8 Å². The van der Waals surface area contributed by atoms with Gasteiger partial charge in [0.1, 0.15) is 23.0 Å². The van der Waals surface area contributed by atoms with Gasteiger partial charge in [0, 0.05) is 0 Å². The fraction of sp³-hybridized carbons (Fsp3) is 0.625. The summed E-state index contributed by atoms with van der Waals surface area (Å²) in [5, 5.41) is 8.71. The first-order valence-electron chi connectivity index (χ1n) is 4.63. The summed E-state index contributed by atoms with van der Waals surface area (Å²) in [6.45, 7) is 4.07. The van der Waals surface area contributed by atoms with Crippen molar-refractivity contribution in [2.75, 3.05) is 13.7 Å². The summed E-state index contributed by atoms with van der Waals surface area (Å²) < 4.78 is 34.0. The second-order valence-electron chi connectivity index (χ2n) is 4.06. The Kier molecular flexibility index (Phi) is 4.38. The smallest absolute Gasteiger partial charge is 0.261 e. The molecular weight excluding hydrogens is 361 g/mol. The molecule has 0 saturated carbocycles. The lowest BCUT2D eigenvalue weighted by Crippen LogP contribution is -2.31. The van der Waals surface area contributed by atoms with Gasteiger partial charge in [0.05, 0.1) is 25.5 Å². The third kappa shape index (κ3) is 3.30. The average molecular weight is 375 g/mol. The predicted octanol–water partition coefficient (Wildman–Crippen LogP) is 0.641. The molecule has 0 saturated heterocycles. The van der Waals surface area contributed by atoms with E-state index >= 15 is 0 Å². The van der Waals surface area contributed by atoms with Crippen molar-refractivity contribution in [1.29, 1.82) is 0 Å². The van der Waals surface area contributed by atoms with E-state index in [0.717, 1.165) is 0 Å². The lowest BCUT2D eigenvalue weighted by Gasteiger charge is -2.23. The van der Waals surface area contributed by atoms with Crippen LogP contribution in [0, 0.1) is 0 Å². The van der Waals surface area contributed by atoms with Crippen molar-refractivity contribution in [2.45, 2.75) is 24.4 Å². The van der Waals surface area contributed by atoms with Crippen LogP contribution in [-0.2, 0) is 18.6 Å². The number of hydrogen-bond acceptors (Lipinski definition) is 5. The molecule has 1 aromatic heterocycles. The van der Waals surface area contributed by atoms with E-state index in [1.54, 1.807) is 23.0 Å². The lowest BCUT2D eigenvalue weighted by molar-refractivity contribution is 0.211. The number of nitrogens with two attached hydrogens (primary N) is 1. The highest BCUT2D eigenvalue weighted by Gasteiger charge is 2.27. The summed E-state index contributed by atoms with van der Waals surface area (Å²) in [4.78, 5) is 0. The Labute approximate surface area is 114 Å². The molecule has 98 valence electrons. The molecule has 0 aromatic carbocycles. The Morgan fingerprint density at radius 2 is 2.18 bits per heavy atom. The number of halogens is 1. The molecule has 7 nitrogen and oxygen atoms in total. The molecule has 17 heavy (non-hydrogen) atoms. The first-order chi connectivity index (χ1) is 7.72. The highest BCUT2D eigenvalue weighted by atomic mass is 127. The molecule has 0 bridgehead atoms. The lowest BCUT2D eigenvalue weighted by atomic mass is 10.1. The normalized spacial score (nSPS) is 12.8. The van der Waals surface area contributed by atoms with E-state index in [-0.39, 0.29) is 10.8 Å². The predicted molar refractivity (Wildman–Crippen MR) is 69.4 cm³/mol. The fourth-order valence-corrected chi connectivity index (χ4v) is 2.57. The quantitative estimate of drug-likeness (QED) is 0.762. The Hall–Kier alpha value is -0.390. The van der Waals surface area contributed by atoms with E-state index in [2.05, 4.69) is 5.10 Å². The van der Waals surface area contributed by atoms with Crippen LogP contribution in [-0.4, -0.2) is 31.9 Å². The molecule has 0 amide bonds. The highest BCUT2D eigenvalue weighted by molar-refractivity contribution is 14.1. The van der Waals surface area contributed by atoms with Gasteiger partial charge in [-0.1, -0.05) is 0 Å². The first-order valence-corrected chi connectivity index (χ1v) is 7.05. The standard InChI is InChI=1S/C8H14IN3O4S/c1-8(2,5-16-9)12-4-6(15-3)7(11-12)17(10,13)14/h4H,5H2,1-3H3,(H2,10,13,14). The number of hydrogen-bond donors (Lipinski definition) is 1. The van der Waals surface area contributed by atoms with Gasteiger partial charge in [0.25, 0.3) is 10.0 Å². The molecular formula is C8H14IN3O4S. The van der Waals surface area contributed by atoms with Crippen molar-refractivity contribution in [3.8, 4) is 5.75 Å². The van der Waals surface area contributed by atoms with Crippen LogP contribution < -0.4 is 9.88 Å². The van der Waals surface area contributed by atoms with Crippen molar-refractivity contribution >= 4 is 33.0 Å². The number of nitrogens with zero attached hydrogens (tertiary/aromatic N) is 2. The topological polar surface area (TPSA) is 96.4 Å². The summed E-state index contributed by atoms with van der Waals surface area (Å²) in [5.74, 6) is 0.119. The maximum Gasteiger partial charge on any atom is 0.261 e. The molecule has 0 aliphatic carbocycles. The van der Waals surface area contributed by atoms with E-state index in [0.29, 0.717) is 6.61 Å². The van der Waals surface area contributed by atoms with Gasteiger partial charge >= 0.3 is 0 Å². The van der Waals surface area contributed by atoms with Gasteiger partial charge in [-0.2, -0.15) is 5.10 Å². The zero-order valence-electron chi connectivity index (χ0n) is 9.68. The van der Waals surface area contributed by atoms with Gasteiger partial charge in [-0.25, -0.2) is 13.6 Å². The number of aromatic nitrogens is 2. The van der Waals surface area contributed by atoms with Crippen LogP contribution in [0.3, 0.4) is 0 Å². The molecule has 0 spiro atoms. The van der Waals surface area contributed by atoms with Crippen LogP contribution >= 0.6 is 23.0 Å². The molecule has 0 aliphatic rings. The van der Waals surface area contributed by atoms with Crippen molar-refractivity contribution in [2.24, 2.45) is 5.14 Å². The second-order valence-corrected chi connectivity index (χ2v) is 6.16. The van der Waals surface area contributed by atoms with Crippen LogP contribution in [0.25, 0.3) is 0 Å². The summed E-state index contributed by atoms with van der Waals surface area (Å²) in [6, 6.07) is 0. The van der Waals surface area contributed by atoms with E-state index in [9.17, 15) is 8.42 Å². The maximum absolute atomic E-state index is 11.3. The molecule has 0 aliphatic heterocycles. The van der Waals surface area contributed by atoms with Crippen LogP contribution in [0.4, 0.5) is 0 Å². The van der Waals surface area contributed by atoms with Gasteiger partial charge in [-0.05, 0) is 13.8 Å². The molecule has 1 rings (SSSR count). The summed E-state index contributed by atoms with van der Waals surface area (Å²) >= 11 is 1.77. The SMILES string of the molecule is COc1cn(C(C)(C)COI)nc1S(N)(=O)=O. The van der Waals surface area contributed by atoms with E-state index in [4.69, 9.17) is 12.9 Å². The van der Waals surface area contributed by atoms with Crippen molar-refractivity contribution in [3.05, 3.63) is 6.20 Å². The zero-order chi connectivity index (χ0) is 13.3. The van der Waals surface area contributed by atoms with Crippen molar-refractivity contribution in [3.63, 3.8) is 0 Å². The van der Waals surface area contributed by atoms with Crippen molar-refractivity contribution < 1.29 is 16.2 Å². The third-order valence-corrected chi connectivity index (χ3v) is 3.30. The molecule has 0 atom stereocenters. The third-order valence-electron chi connectivity index (χ3n) is 2.17. The van der Waals surface area contributed by atoms with Gasteiger partial charge in [-0.3, -0.25) is 4.68 Å². The van der Waals surface area contributed by atoms with E-state index in [1.165, 1.54) is 18.0 Å². The summed E-state index contributed by atoms with van der Waals surface area (Å²) in [5.41, 5.74) is -0.503. The van der Waals surface area contributed by atoms with Gasteiger partial charge < -0.3 is 7.80 Å². The monoisotopic (exact) mass is 375 g/mol. The molecule has 0 fully saturated rings. The minimum atomic E-state index is -3.90. The minimum absolute atomic E-state index is 0.119. The van der Waals surface area contributed by atoms with Gasteiger partial charge in [0.2, 0.25) is 5.03 Å². The van der Waals surface area contributed by atoms with Crippen LogP contribution in [0.15, 0.2) is 11.2 Å². The number of ether oxygens (including phenoxy) is 1. The van der Waals surface area contributed by atoms with Gasteiger partial charge in [0.15, 0.2) is 5.75 Å². The van der Waals surface area contributed by atoms with E-state index < -0.39 is 15.6 Å². The fourth-order valence-electron chi connectivity index (χ4n) is 1.19. The summed E-state index contributed by atoms with van der Waals surface area (Å²) in [7, 11) is -2.54. The number of sulfonamides is 1. The molecule has 2 N–H and O–H groups in total. The molecule has 0 radical (unpaired) electrons. The minimum Gasteiger partial charge on any atom is -0.492 e. The van der Waals surface area contributed by atoms with Crippen LogP contribution in [0.5, 0.6) is 5.75 Å². The summed E-state index contributed by atoms with van der Waals surface area (Å²) in [6.07, 6.45) is 1.48. The number of rotatable bonds is 5. The van der Waals surface area contributed by atoms with Crippen LogP contribution in [0.2, 0.25) is 0 Å². The van der Waals surface area contributed by atoms with Crippen molar-refractivity contribution in [1.82, 2.24) is 9.78 Å². The Bertz CT molecular complexity index is 497. The van der Waals surface area contributed by atoms with Gasteiger partial charge in [-0.15, -0.1) is 0 Å². The molecule has 0 unspecified atom stereocenters.